The van der Waals surface area contributed by atoms with Crippen molar-refractivity contribution >= 4 is 21.4 Å². The average molecular weight is 290 g/mol. The summed E-state index contributed by atoms with van der Waals surface area (Å²) in [5.74, 6) is 0. The molecule has 0 radical (unpaired) electrons. The van der Waals surface area contributed by atoms with Crippen LogP contribution in [-0.4, -0.2) is 26.0 Å². The van der Waals surface area contributed by atoms with E-state index in [0.29, 0.717) is 11.6 Å². The van der Waals surface area contributed by atoms with Crippen LogP contribution < -0.4 is 5.32 Å². The molecule has 0 saturated carbocycles. The third-order valence-corrected chi connectivity index (χ3v) is 5.66. The second-order valence-electron chi connectivity index (χ2n) is 4.92. The van der Waals surface area contributed by atoms with Crippen LogP contribution in [0.1, 0.15) is 32.4 Å². The van der Waals surface area contributed by atoms with Crippen LogP contribution in [0.25, 0.3) is 0 Å². The van der Waals surface area contributed by atoms with Crippen LogP contribution in [0, 0.1) is 0 Å². The predicted octanol–water partition coefficient (Wildman–Crippen LogP) is 2.81. The van der Waals surface area contributed by atoms with Gasteiger partial charge in [-0.2, -0.15) is 0 Å². The Balaban J connectivity index is 3.22. The normalized spacial score (nSPS) is 14.5. The van der Waals surface area contributed by atoms with Gasteiger partial charge in [-0.3, -0.25) is 0 Å². The number of hydrogen-bond acceptors (Lipinski definition) is 3. The number of benzene rings is 1. The van der Waals surface area contributed by atoms with Gasteiger partial charge in [-0.05, 0) is 38.1 Å². The molecule has 0 aliphatic carbocycles. The third-order valence-electron chi connectivity index (χ3n) is 3.26. The molecule has 3 nitrogen and oxygen atoms in total. The molecule has 0 aliphatic heterocycles. The molecule has 1 aromatic carbocycles. The number of halogens is 1. The van der Waals surface area contributed by atoms with E-state index in [-0.39, 0.29) is 6.04 Å². The van der Waals surface area contributed by atoms with Crippen LogP contribution in [0.15, 0.2) is 24.3 Å². The number of nitrogens with one attached hydrogen (secondary N) is 1. The van der Waals surface area contributed by atoms with Crippen molar-refractivity contribution in [2.45, 2.75) is 31.6 Å². The average Bonchev–Trinajstić information content (AvgIpc) is 2.25. The van der Waals surface area contributed by atoms with E-state index in [9.17, 15) is 8.42 Å². The molecule has 102 valence electrons. The smallest absolute Gasteiger partial charge is 0.154 e. The Morgan fingerprint density at radius 3 is 2.17 bits per heavy atom. The van der Waals surface area contributed by atoms with E-state index in [1.807, 2.05) is 19.1 Å². The summed E-state index contributed by atoms with van der Waals surface area (Å²) in [5.41, 5.74) is 0.927. The molecule has 5 heteroatoms. The molecule has 0 heterocycles. The zero-order chi connectivity index (χ0) is 14.0. The second-order valence-corrected chi connectivity index (χ2v) is 7.95. The largest absolute Gasteiger partial charge is 0.309 e. The van der Waals surface area contributed by atoms with Crippen LogP contribution in [-0.2, 0) is 9.84 Å². The van der Waals surface area contributed by atoms with Crippen molar-refractivity contribution in [2.75, 3.05) is 12.8 Å². The number of hydrogen-bond donors (Lipinski definition) is 1. The van der Waals surface area contributed by atoms with Crippen LogP contribution in [0.5, 0.6) is 0 Å². The quantitative estimate of drug-likeness (QED) is 0.907. The molecule has 0 fully saturated rings. The van der Waals surface area contributed by atoms with E-state index in [1.54, 1.807) is 26.0 Å². The maximum Gasteiger partial charge on any atom is 0.154 e. The van der Waals surface area contributed by atoms with E-state index >= 15 is 0 Å². The molecule has 1 N–H and O–H groups in total. The molecular weight excluding hydrogens is 270 g/mol. The minimum Gasteiger partial charge on any atom is -0.309 e. The van der Waals surface area contributed by atoms with Gasteiger partial charge in [0.05, 0.1) is 10.8 Å². The topological polar surface area (TPSA) is 46.2 Å². The highest BCUT2D eigenvalue weighted by atomic mass is 35.5. The van der Waals surface area contributed by atoms with Gasteiger partial charge >= 0.3 is 0 Å². The summed E-state index contributed by atoms with van der Waals surface area (Å²) in [4.78, 5) is 0. The van der Waals surface area contributed by atoms with Crippen LogP contribution in [0.4, 0.5) is 0 Å². The maximum atomic E-state index is 11.9. The van der Waals surface area contributed by atoms with Crippen molar-refractivity contribution in [3.8, 4) is 0 Å². The van der Waals surface area contributed by atoms with Gasteiger partial charge in [-0.15, -0.1) is 0 Å². The van der Waals surface area contributed by atoms with Gasteiger partial charge in [0.25, 0.3) is 0 Å². The Bertz CT molecular complexity index is 494. The fraction of sp³-hybridized carbons (Fsp3) is 0.538. The molecule has 1 unspecified atom stereocenters. The first-order chi connectivity index (χ1) is 8.20. The van der Waals surface area contributed by atoms with Gasteiger partial charge in [0.15, 0.2) is 9.84 Å². The third kappa shape index (κ3) is 3.25. The summed E-state index contributed by atoms with van der Waals surface area (Å²) in [6.07, 6.45) is 1.27. The van der Waals surface area contributed by atoms with Crippen molar-refractivity contribution in [1.82, 2.24) is 5.32 Å². The number of sulfone groups is 1. The Hall–Kier alpha value is -0.580. The molecule has 1 aromatic rings. The molecule has 1 rings (SSSR count). The SMILES string of the molecule is CCNC(c1ccc(Cl)cc1)C(C)(C)S(C)(=O)=O. The first kappa shape index (κ1) is 15.5. The van der Waals surface area contributed by atoms with Crippen molar-refractivity contribution in [3.05, 3.63) is 34.9 Å². The molecule has 0 aromatic heterocycles. The highest BCUT2D eigenvalue weighted by Gasteiger charge is 2.39. The van der Waals surface area contributed by atoms with Gasteiger partial charge in [0.2, 0.25) is 0 Å². The Morgan fingerprint density at radius 2 is 1.78 bits per heavy atom. The van der Waals surface area contributed by atoms with E-state index in [0.717, 1.165) is 5.56 Å². The monoisotopic (exact) mass is 289 g/mol. The Morgan fingerprint density at radius 1 is 1.28 bits per heavy atom. The Kier molecular flexibility index (Phi) is 4.81. The standard InChI is InChI=1S/C13H20ClNO2S/c1-5-15-12(13(2,3)18(4,16)17)10-6-8-11(14)9-7-10/h6-9,12,15H,5H2,1-4H3. The first-order valence-electron chi connectivity index (χ1n) is 5.88. The lowest BCUT2D eigenvalue weighted by molar-refractivity contribution is 0.428. The zero-order valence-corrected chi connectivity index (χ0v) is 12.8. The molecule has 18 heavy (non-hydrogen) atoms. The molecular formula is C13H20ClNO2S. The van der Waals surface area contributed by atoms with E-state index in [2.05, 4.69) is 5.32 Å². The van der Waals surface area contributed by atoms with E-state index < -0.39 is 14.6 Å². The summed E-state index contributed by atoms with van der Waals surface area (Å²) >= 11 is 5.86. The first-order valence-corrected chi connectivity index (χ1v) is 8.15. The van der Waals surface area contributed by atoms with Gasteiger partial charge in [-0.1, -0.05) is 30.7 Å². The van der Waals surface area contributed by atoms with Crippen molar-refractivity contribution in [2.24, 2.45) is 0 Å². The van der Waals surface area contributed by atoms with Crippen molar-refractivity contribution in [3.63, 3.8) is 0 Å². The highest BCUT2D eigenvalue weighted by Crippen LogP contribution is 2.32. The lowest BCUT2D eigenvalue weighted by atomic mass is 9.95. The van der Waals surface area contributed by atoms with Crippen molar-refractivity contribution < 1.29 is 8.42 Å². The lowest BCUT2D eigenvalue weighted by Gasteiger charge is -2.33. The highest BCUT2D eigenvalue weighted by molar-refractivity contribution is 7.92. The second kappa shape index (κ2) is 5.59. The predicted molar refractivity (Wildman–Crippen MR) is 76.8 cm³/mol. The summed E-state index contributed by atoms with van der Waals surface area (Å²) in [6.45, 7) is 6.14. The van der Waals surface area contributed by atoms with Gasteiger partial charge in [-0.25, -0.2) is 8.42 Å². The van der Waals surface area contributed by atoms with Gasteiger partial charge in [0.1, 0.15) is 0 Å². The molecule has 1 atom stereocenters. The van der Waals surface area contributed by atoms with Crippen molar-refractivity contribution in [1.29, 1.82) is 0 Å². The van der Waals surface area contributed by atoms with E-state index in [4.69, 9.17) is 11.6 Å². The summed E-state index contributed by atoms with van der Waals surface area (Å²) in [5, 5.41) is 3.89. The van der Waals surface area contributed by atoms with Crippen LogP contribution in [0.3, 0.4) is 0 Å². The zero-order valence-electron chi connectivity index (χ0n) is 11.2. The van der Waals surface area contributed by atoms with Gasteiger partial charge < -0.3 is 5.32 Å². The van der Waals surface area contributed by atoms with Crippen LogP contribution >= 0.6 is 11.6 Å². The summed E-state index contributed by atoms with van der Waals surface area (Å²) in [6, 6.07) is 7.03. The molecule has 0 saturated heterocycles. The fourth-order valence-electron chi connectivity index (χ4n) is 1.84. The summed E-state index contributed by atoms with van der Waals surface area (Å²) in [7, 11) is -3.18. The Labute approximate surface area is 114 Å². The van der Waals surface area contributed by atoms with E-state index in [1.165, 1.54) is 6.26 Å². The molecule has 0 aliphatic rings. The fourth-order valence-corrected chi connectivity index (χ4v) is 2.61. The van der Waals surface area contributed by atoms with Crippen LogP contribution in [0.2, 0.25) is 5.02 Å². The molecule has 0 spiro atoms. The minimum absolute atomic E-state index is 0.255. The molecule has 0 amide bonds. The van der Waals surface area contributed by atoms with Gasteiger partial charge in [0, 0.05) is 11.3 Å². The minimum atomic E-state index is -3.18. The number of rotatable bonds is 5. The lowest BCUT2D eigenvalue weighted by Crippen LogP contribution is -2.44. The maximum absolute atomic E-state index is 11.9. The molecule has 0 bridgehead atoms. The summed E-state index contributed by atoms with van der Waals surface area (Å²) < 4.78 is 23.0.